The van der Waals surface area contributed by atoms with Crippen LogP contribution in [-0.4, -0.2) is 15.3 Å². The van der Waals surface area contributed by atoms with Crippen molar-refractivity contribution in [3.63, 3.8) is 0 Å². The molecule has 3 aromatic rings. The number of aromatic nitrogens is 2. The molecule has 2 heterocycles. The Morgan fingerprint density at radius 2 is 1.96 bits per heavy atom. The number of hydrogen-bond acceptors (Lipinski definition) is 3. The summed E-state index contributed by atoms with van der Waals surface area (Å²) >= 11 is 12.4. The molecule has 0 unspecified atom stereocenters. The summed E-state index contributed by atoms with van der Waals surface area (Å²) in [5.74, 6) is 0.515. The van der Waals surface area contributed by atoms with Gasteiger partial charge >= 0.3 is 0 Å². The first-order chi connectivity index (χ1) is 11.6. The van der Waals surface area contributed by atoms with Crippen molar-refractivity contribution in [3.8, 4) is 5.75 Å². The predicted molar refractivity (Wildman–Crippen MR) is 91.9 cm³/mol. The smallest absolute Gasteiger partial charge is 0.193 e. The first-order valence-corrected chi connectivity index (χ1v) is 8.13. The van der Waals surface area contributed by atoms with Gasteiger partial charge in [0.1, 0.15) is 11.8 Å². The number of benzene rings is 2. The number of rotatable bonds is 2. The molecule has 0 saturated heterocycles. The van der Waals surface area contributed by atoms with Crippen LogP contribution in [0.2, 0.25) is 10.0 Å². The molecule has 0 bridgehead atoms. The van der Waals surface area contributed by atoms with Crippen molar-refractivity contribution in [1.82, 2.24) is 9.55 Å². The normalized spacial score (nSPS) is 19.7. The average Bonchev–Trinajstić information content (AvgIpc) is 3.09. The monoisotopic (exact) mass is 358 g/mol. The second-order valence-electron chi connectivity index (χ2n) is 5.52. The van der Waals surface area contributed by atoms with Crippen molar-refractivity contribution >= 4 is 29.0 Å². The van der Waals surface area contributed by atoms with Crippen molar-refractivity contribution in [2.24, 2.45) is 0 Å². The van der Waals surface area contributed by atoms with E-state index in [9.17, 15) is 4.79 Å². The predicted octanol–water partition coefficient (Wildman–Crippen LogP) is 4.75. The molecule has 0 spiro atoms. The number of halogens is 2. The minimum Gasteiger partial charge on any atom is -0.482 e. The molecule has 6 heteroatoms. The summed E-state index contributed by atoms with van der Waals surface area (Å²) < 4.78 is 7.89. The van der Waals surface area contributed by atoms with Crippen LogP contribution in [0.25, 0.3) is 0 Å². The van der Waals surface area contributed by atoms with Gasteiger partial charge < -0.3 is 9.30 Å². The Morgan fingerprint density at radius 3 is 2.71 bits per heavy atom. The zero-order valence-corrected chi connectivity index (χ0v) is 13.9. The molecule has 0 fully saturated rings. The van der Waals surface area contributed by atoms with Gasteiger partial charge in [0.25, 0.3) is 0 Å². The van der Waals surface area contributed by atoms with Crippen molar-refractivity contribution in [2.75, 3.05) is 0 Å². The number of imidazole rings is 1. The van der Waals surface area contributed by atoms with Crippen LogP contribution in [0.1, 0.15) is 28.1 Å². The van der Waals surface area contributed by atoms with Crippen LogP contribution in [-0.2, 0) is 0 Å². The van der Waals surface area contributed by atoms with E-state index in [1.165, 1.54) is 0 Å². The first kappa shape index (κ1) is 15.2. The van der Waals surface area contributed by atoms with Gasteiger partial charge in [0, 0.05) is 28.0 Å². The third kappa shape index (κ3) is 2.48. The molecule has 4 rings (SSSR count). The van der Waals surface area contributed by atoms with E-state index in [1.54, 1.807) is 53.6 Å². The van der Waals surface area contributed by atoms with Gasteiger partial charge in [0.05, 0.1) is 11.9 Å². The maximum absolute atomic E-state index is 13.1. The average molecular weight is 359 g/mol. The van der Waals surface area contributed by atoms with E-state index in [0.717, 1.165) is 0 Å². The standard InChI is InChI=1S/C18H12Cl2N2O2/c19-11-5-6-12(14(20)9-11)18-16(22-8-7-21-10-22)17(23)13-3-1-2-4-15(13)24-18/h1-10,16,18H/t16-,18+/m1/s1. The van der Waals surface area contributed by atoms with E-state index in [-0.39, 0.29) is 5.78 Å². The van der Waals surface area contributed by atoms with Crippen LogP contribution < -0.4 is 4.74 Å². The van der Waals surface area contributed by atoms with Gasteiger partial charge in [-0.25, -0.2) is 4.98 Å². The number of carbonyl (C=O) groups is 1. The number of Topliss-reactive ketones (excluding diaryl/α,β-unsaturated/α-hetero) is 1. The molecule has 120 valence electrons. The van der Waals surface area contributed by atoms with E-state index in [2.05, 4.69) is 4.98 Å². The lowest BCUT2D eigenvalue weighted by atomic mass is 9.91. The van der Waals surface area contributed by atoms with Crippen molar-refractivity contribution in [1.29, 1.82) is 0 Å². The Hall–Kier alpha value is -2.30. The van der Waals surface area contributed by atoms with Crippen LogP contribution >= 0.6 is 23.2 Å². The summed E-state index contributed by atoms with van der Waals surface area (Å²) in [7, 11) is 0. The van der Waals surface area contributed by atoms with Gasteiger partial charge in [-0.1, -0.05) is 41.4 Å². The fraction of sp³-hybridized carbons (Fsp3) is 0.111. The molecule has 2 atom stereocenters. The van der Waals surface area contributed by atoms with E-state index >= 15 is 0 Å². The molecule has 1 aromatic heterocycles. The van der Waals surface area contributed by atoms with E-state index in [0.29, 0.717) is 26.9 Å². The van der Waals surface area contributed by atoms with E-state index in [1.807, 2.05) is 12.1 Å². The second-order valence-corrected chi connectivity index (χ2v) is 6.36. The number of nitrogens with zero attached hydrogens (tertiary/aromatic N) is 2. The fourth-order valence-electron chi connectivity index (χ4n) is 2.96. The topological polar surface area (TPSA) is 44.1 Å². The molecule has 0 saturated carbocycles. The molecular weight excluding hydrogens is 347 g/mol. The minimum absolute atomic E-state index is 0.0362. The number of fused-ring (bicyclic) bond motifs is 1. The first-order valence-electron chi connectivity index (χ1n) is 7.37. The molecule has 0 amide bonds. The molecule has 1 aliphatic heterocycles. The van der Waals surface area contributed by atoms with Gasteiger partial charge in [-0.2, -0.15) is 0 Å². The van der Waals surface area contributed by atoms with Gasteiger partial charge in [0.2, 0.25) is 0 Å². The molecule has 4 nitrogen and oxygen atoms in total. The molecule has 0 aliphatic carbocycles. The summed E-state index contributed by atoms with van der Waals surface area (Å²) in [5, 5.41) is 0.996. The fourth-order valence-corrected chi connectivity index (χ4v) is 3.48. The van der Waals surface area contributed by atoms with Gasteiger partial charge in [0.15, 0.2) is 11.9 Å². The summed E-state index contributed by atoms with van der Waals surface area (Å²) in [5.41, 5.74) is 1.26. The highest BCUT2D eigenvalue weighted by Crippen LogP contribution is 2.43. The second kappa shape index (κ2) is 5.96. The van der Waals surface area contributed by atoms with E-state index < -0.39 is 12.1 Å². The number of ketones is 1. The molecule has 0 radical (unpaired) electrons. The number of carbonyl (C=O) groups excluding carboxylic acids is 1. The lowest BCUT2D eigenvalue weighted by Gasteiger charge is -2.33. The zero-order chi connectivity index (χ0) is 16.7. The maximum Gasteiger partial charge on any atom is 0.193 e. The van der Waals surface area contributed by atoms with Gasteiger partial charge in [-0.05, 0) is 24.3 Å². The van der Waals surface area contributed by atoms with Gasteiger partial charge in [-0.15, -0.1) is 0 Å². The molecule has 1 aliphatic rings. The van der Waals surface area contributed by atoms with Crippen molar-refractivity contribution in [2.45, 2.75) is 12.1 Å². The highest BCUT2D eigenvalue weighted by atomic mass is 35.5. The summed E-state index contributed by atoms with van der Waals surface area (Å²) in [6.07, 6.45) is 4.42. The number of ether oxygens (including phenoxy) is 1. The van der Waals surface area contributed by atoms with Crippen LogP contribution in [0.4, 0.5) is 0 Å². The summed E-state index contributed by atoms with van der Waals surface area (Å²) in [6.45, 7) is 0. The van der Waals surface area contributed by atoms with Crippen LogP contribution in [0.3, 0.4) is 0 Å². The van der Waals surface area contributed by atoms with Crippen LogP contribution in [0, 0.1) is 0 Å². The molecular formula is C18H12Cl2N2O2. The Morgan fingerprint density at radius 1 is 1.12 bits per heavy atom. The van der Waals surface area contributed by atoms with Gasteiger partial charge in [-0.3, -0.25) is 4.79 Å². The SMILES string of the molecule is O=C1c2ccccc2O[C@@H](c2ccc(Cl)cc2Cl)[C@@H]1n1ccnc1. The highest BCUT2D eigenvalue weighted by Gasteiger charge is 2.40. The molecule has 24 heavy (non-hydrogen) atoms. The quantitative estimate of drug-likeness (QED) is 0.663. The Balaban J connectivity index is 1.88. The maximum atomic E-state index is 13.1. The minimum atomic E-state index is -0.582. The largest absolute Gasteiger partial charge is 0.482 e. The zero-order valence-electron chi connectivity index (χ0n) is 12.4. The highest BCUT2D eigenvalue weighted by molar-refractivity contribution is 6.35. The van der Waals surface area contributed by atoms with Crippen molar-refractivity contribution in [3.05, 3.63) is 82.4 Å². The lowest BCUT2D eigenvalue weighted by molar-refractivity contribution is 0.0677. The molecule has 0 N–H and O–H groups in total. The lowest BCUT2D eigenvalue weighted by Crippen LogP contribution is -2.33. The van der Waals surface area contributed by atoms with Crippen LogP contribution in [0.15, 0.2) is 61.2 Å². The number of para-hydroxylation sites is 1. The molecule has 2 aromatic carbocycles. The summed E-state index contributed by atoms with van der Waals surface area (Å²) in [6, 6.07) is 11.8. The third-order valence-electron chi connectivity index (χ3n) is 4.08. The Bertz CT molecular complexity index is 909. The van der Waals surface area contributed by atoms with Crippen LogP contribution in [0.5, 0.6) is 5.75 Å². The van der Waals surface area contributed by atoms with E-state index in [4.69, 9.17) is 27.9 Å². The summed E-state index contributed by atoms with van der Waals surface area (Å²) in [4.78, 5) is 17.1. The Kier molecular flexibility index (Phi) is 3.79. The van der Waals surface area contributed by atoms with Crippen molar-refractivity contribution < 1.29 is 9.53 Å². The number of hydrogen-bond donors (Lipinski definition) is 0. The Labute approximate surface area is 148 Å². The third-order valence-corrected chi connectivity index (χ3v) is 4.64.